The molecule has 188 valence electrons. The molecule has 0 bridgehead atoms. The molecule has 1 fully saturated rings. The summed E-state index contributed by atoms with van der Waals surface area (Å²) in [6.07, 6.45) is 1.73. The number of sulfonamides is 1. The Hall–Kier alpha value is -2.86. The third kappa shape index (κ3) is 6.23. The highest BCUT2D eigenvalue weighted by Crippen LogP contribution is 2.35. The Bertz CT molecular complexity index is 1340. The first-order valence-corrected chi connectivity index (χ1v) is 13.2. The molecule has 2 heterocycles. The summed E-state index contributed by atoms with van der Waals surface area (Å²) in [6.45, 7) is 6.17. The lowest BCUT2D eigenvalue weighted by Crippen LogP contribution is -2.38. The number of ether oxygens (including phenoxy) is 1. The minimum absolute atomic E-state index is 0.00508. The number of nitrogens with two attached hydrogens (primary N) is 1. The number of hydrogen-bond acceptors (Lipinski definition) is 8. The fraction of sp³-hybridized carbons (Fsp3) is 0.391. The van der Waals surface area contributed by atoms with Crippen molar-refractivity contribution in [1.82, 2.24) is 9.88 Å². The number of nitrogens with one attached hydrogen (secondary N) is 2. The first-order valence-electron chi connectivity index (χ1n) is 11.3. The van der Waals surface area contributed by atoms with E-state index in [0.717, 1.165) is 31.5 Å². The molecule has 4 N–H and O–H groups in total. The van der Waals surface area contributed by atoms with E-state index >= 15 is 0 Å². The molecule has 35 heavy (non-hydrogen) atoms. The van der Waals surface area contributed by atoms with E-state index in [1.807, 2.05) is 19.1 Å². The van der Waals surface area contributed by atoms with Gasteiger partial charge in [-0.15, -0.1) is 0 Å². The number of fused-ring (bicyclic) bond motifs is 1. The van der Waals surface area contributed by atoms with Crippen molar-refractivity contribution in [2.24, 2.45) is 5.14 Å². The zero-order valence-electron chi connectivity index (χ0n) is 19.5. The smallest absolute Gasteiger partial charge is 0.295 e. The molecule has 12 heteroatoms. The second-order valence-electron chi connectivity index (χ2n) is 8.46. The summed E-state index contributed by atoms with van der Waals surface area (Å²) in [7, 11) is -3.80. The third-order valence-corrected chi connectivity index (χ3v) is 7.02. The molecule has 0 radical (unpaired) electrons. The lowest BCUT2D eigenvalue weighted by Gasteiger charge is -2.32. The van der Waals surface area contributed by atoms with E-state index in [2.05, 4.69) is 20.5 Å². The van der Waals surface area contributed by atoms with Gasteiger partial charge in [-0.3, -0.25) is 9.69 Å². The van der Waals surface area contributed by atoms with Crippen LogP contribution in [0.3, 0.4) is 0 Å². The standard InChI is InChI=1S/C23H28ClN5O5S/c1-3-33-21-11-15(10-19(22(21)24)26-14(2)30)13-29-8-6-16(7-9-29)27-23-28-18-12-17(35(25,31)32)4-5-20(18)34-23/h4-5,10-12,16H,3,6-9,13H2,1-2H3,(H,26,30)(H,27,28)(H2,25,31,32). The van der Waals surface area contributed by atoms with Crippen molar-refractivity contribution in [1.29, 1.82) is 0 Å². The Morgan fingerprint density at radius 1 is 1.29 bits per heavy atom. The van der Waals surface area contributed by atoms with Gasteiger partial charge in [0, 0.05) is 32.6 Å². The van der Waals surface area contributed by atoms with Crippen molar-refractivity contribution >= 4 is 50.3 Å². The Balaban J connectivity index is 1.38. The van der Waals surface area contributed by atoms with E-state index < -0.39 is 10.0 Å². The summed E-state index contributed by atoms with van der Waals surface area (Å²) in [5.41, 5.74) is 2.45. The topological polar surface area (TPSA) is 140 Å². The van der Waals surface area contributed by atoms with Gasteiger partial charge in [0.15, 0.2) is 5.58 Å². The van der Waals surface area contributed by atoms with Crippen LogP contribution in [0, 0.1) is 0 Å². The molecular formula is C23H28ClN5O5S. The molecular weight excluding hydrogens is 494 g/mol. The van der Waals surface area contributed by atoms with E-state index in [9.17, 15) is 13.2 Å². The first-order chi connectivity index (χ1) is 16.6. The van der Waals surface area contributed by atoms with Crippen LogP contribution in [-0.4, -0.2) is 49.9 Å². The highest BCUT2D eigenvalue weighted by Gasteiger charge is 2.22. The van der Waals surface area contributed by atoms with Gasteiger partial charge in [-0.05, 0) is 55.7 Å². The number of hydrogen-bond donors (Lipinski definition) is 3. The number of primary sulfonamides is 1. The summed E-state index contributed by atoms with van der Waals surface area (Å²) in [6, 6.07) is 8.66. The summed E-state index contributed by atoms with van der Waals surface area (Å²) in [5, 5.41) is 11.7. The second-order valence-corrected chi connectivity index (χ2v) is 10.4. The average molecular weight is 522 g/mol. The normalized spacial score (nSPS) is 15.3. The minimum atomic E-state index is -3.80. The molecule has 0 unspecified atom stereocenters. The maximum Gasteiger partial charge on any atom is 0.295 e. The van der Waals surface area contributed by atoms with Crippen LogP contribution in [0.1, 0.15) is 32.3 Å². The minimum Gasteiger partial charge on any atom is -0.492 e. The first kappa shape index (κ1) is 25.2. The molecule has 0 atom stereocenters. The number of aromatic nitrogens is 1. The van der Waals surface area contributed by atoms with Crippen LogP contribution in [0.25, 0.3) is 11.1 Å². The Morgan fingerprint density at radius 2 is 2.03 bits per heavy atom. The molecule has 1 aliphatic heterocycles. The van der Waals surface area contributed by atoms with Crippen LogP contribution in [0.15, 0.2) is 39.6 Å². The van der Waals surface area contributed by atoms with Crippen molar-refractivity contribution in [3.63, 3.8) is 0 Å². The van der Waals surface area contributed by atoms with Gasteiger partial charge in [-0.2, -0.15) is 4.98 Å². The lowest BCUT2D eigenvalue weighted by atomic mass is 10.0. The van der Waals surface area contributed by atoms with Crippen LogP contribution in [-0.2, 0) is 21.4 Å². The van der Waals surface area contributed by atoms with Gasteiger partial charge in [-0.1, -0.05) is 11.6 Å². The van der Waals surface area contributed by atoms with Crippen molar-refractivity contribution < 1.29 is 22.4 Å². The van der Waals surface area contributed by atoms with Gasteiger partial charge in [0.25, 0.3) is 6.01 Å². The maximum atomic E-state index is 11.6. The van der Waals surface area contributed by atoms with Gasteiger partial charge >= 0.3 is 0 Å². The molecule has 1 aliphatic rings. The monoisotopic (exact) mass is 521 g/mol. The van der Waals surface area contributed by atoms with Gasteiger partial charge in [0.05, 0.1) is 17.2 Å². The van der Waals surface area contributed by atoms with Crippen LogP contribution >= 0.6 is 11.6 Å². The number of likely N-dealkylation sites (tertiary alicyclic amines) is 1. The fourth-order valence-corrected chi connectivity index (χ4v) is 4.85. The highest BCUT2D eigenvalue weighted by atomic mass is 35.5. The molecule has 1 amide bonds. The zero-order valence-corrected chi connectivity index (χ0v) is 21.1. The van der Waals surface area contributed by atoms with Crippen LogP contribution in [0.2, 0.25) is 5.02 Å². The number of nitrogens with zero attached hydrogens (tertiary/aromatic N) is 2. The number of amides is 1. The maximum absolute atomic E-state index is 11.6. The number of rotatable bonds is 8. The van der Waals surface area contributed by atoms with E-state index in [1.165, 1.54) is 19.1 Å². The van der Waals surface area contributed by atoms with E-state index in [1.54, 1.807) is 6.07 Å². The van der Waals surface area contributed by atoms with Crippen molar-refractivity contribution in [3.05, 3.63) is 40.9 Å². The second kappa shape index (κ2) is 10.4. The molecule has 0 aliphatic carbocycles. The van der Waals surface area contributed by atoms with Gasteiger partial charge in [0.2, 0.25) is 15.9 Å². The van der Waals surface area contributed by atoms with Gasteiger partial charge in [0.1, 0.15) is 16.3 Å². The predicted octanol–water partition coefficient (Wildman–Crippen LogP) is 3.56. The summed E-state index contributed by atoms with van der Waals surface area (Å²) >= 11 is 6.39. The quantitative estimate of drug-likeness (QED) is 0.408. The van der Waals surface area contributed by atoms with Crippen molar-refractivity contribution in [3.8, 4) is 5.75 Å². The summed E-state index contributed by atoms with van der Waals surface area (Å²) in [4.78, 5) is 18.2. The number of halogens is 1. The number of benzene rings is 2. The molecule has 0 saturated carbocycles. The molecule has 1 aromatic heterocycles. The van der Waals surface area contributed by atoms with Gasteiger partial charge < -0.3 is 19.8 Å². The predicted molar refractivity (Wildman–Crippen MR) is 134 cm³/mol. The SMILES string of the molecule is CCOc1cc(CN2CCC(Nc3nc4cc(S(N)(=O)=O)ccc4o3)CC2)cc(NC(C)=O)c1Cl. The third-order valence-electron chi connectivity index (χ3n) is 5.72. The number of anilines is 2. The highest BCUT2D eigenvalue weighted by molar-refractivity contribution is 7.89. The molecule has 10 nitrogen and oxygen atoms in total. The van der Waals surface area contributed by atoms with Crippen molar-refractivity contribution in [2.45, 2.75) is 44.2 Å². The molecule has 0 spiro atoms. The van der Waals surface area contributed by atoms with Crippen LogP contribution < -0.4 is 20.5 Å². The number of oxazole rings is 1. The summed E-state index contributed by atoms with van der Waals surface area (Å²) in [5.74, 6) is 0.354. The fourth-order valence-electron chi connectivity index (χ4n) is 4.10. The number of carbonyl (C=O) groups excluding carboxylic acids is 1. The number of carbonyl (C=O) groups is 1. The Labute approximate surface area is 208 Å². The molecule has 2 aromatic carbocycles. The van der Waals surface area contributed by atoms with Crippen LogP contribution in [0.4, 0.5) is 11.7 Å². The Kier molecular flexibility index (Phi) is 7.50. The largest absolute Gasteiger partial charge is 0.492 e. The Morgan fingerprint density at radius 3 is 2.69 bits per heavy atom. The van der Waals surface area contributed by atoms with E-state index in [4.69, 9.17) is 25.9 Å². The summed E-state index contributed by atoms with van der Waals surface area (Å²) < 4.78 is 34.5. The number of piperidine rings is 1. The average Bonchev–Trinajstić information content (AvgIpc) is 3.19. The van der Waals surface area contributed by atoms with Crippen LogP contribution in [0.5, 0.6) is 5.75 Å². The zero-order chi connectivity index (χ0) is 25.2. The molecule has 1 saturated heterocycles. The van der Waals surface area contributed by atoms with Crippen molar-refractivity contribution in [2.75, 3.05) is 30.3 Å². The lowest BCUT2D eigenvalue weighted by molar-refractivity contribution is -0.114. The molecule has 4 rings (SSSR count). The van der Waals surface area contributed by atoms with E-state index in [-0.39, 0.29) is 16.8 Å². The van der Waals surface area contributed by atoms with E-state index in [0.29, 0.717) is 46.7 Å². The molecule has 3 aromatic rings. The van der Waals surface area contributed by atoms with Gasteiger partial charge in [-0.25, -0.2) is 13.6 Å².